The number of carbonyl (C=O) groups is 1. The average Bonchev–Trinajstić information content (AvgIpc) is 3.33. The van der Waals surface area contributed by atoms with Crippen molar-refractivity contribution in [2.75, 3.05) is 42.7 Å². The van der Waals surface area contributed by atoms with Gasteiger partial charge in [0.25, 0.3) is 0 Å². The largest absolute Gasteiger partial charge is 0.415 e. The van der Waals surface area contributed by atoms with Gasteiger partial charge in [-0.25, -0.2) is 4.79 Å². The number of amidine groups is 1. The van der Waals surface area contributed by atoms with Gasteiger partial charge in [0.15, 0.2) is 0 Å². The Bertz CT molecular complexity index is 1040. The van der Waals surface area contributed by atoms with Crippen LogP contribution < -0.4 is 15.0 Å². The van der Waals surface area contributed by atoms with Crippen LogP contribution in [0.5, 0.6) is 5.75 Å². The average molecular weight is 453 g/mol. The second-order valence-electron chi connectivity index (χ2n) is 7.10. The number of anilines is 2. The minimum absolute atomic E-state index is 0.357. The maximum Gasteiger partial charge on any atom is 0.415 e. The normalized spacial score (nSPS) is 12.7. The zero-order valence-corrected chi connectivity index (χ0v) is 18.8. The first-order chi connectivity index (χ1) is 15.1. The Morgan fingerprint density at radius 3 is 2.81 bits per heavy atom. The molecule has 160 valence electrons. The van der Waals surface area contributed by atoms with Crippen LogP contribution in [-0.4, -0.2) is 49.3 Å². The van der Waals surface area contributed by atoms with Gasteiger partial charge in [0.1, 0.15) is 11.6 Å². The molecule has 0 radical (unpaired) electrons. The van der Waals surface area contributed by atoms with Gasteiger partial charge in [-0.15, -0.1) is 23.1 Å². The molecule has 1 amide bonds. The van der Waals surface area contributed by atoms with Gasteiger partial charge in [-0.05, 0) is 41.8 Å². The first kappa shape index (κ1) is 21.3. The molecule has 2 heterocycles. The fourth-order valence-corrected chi connectivity index (χ4v) is 4.96. The molecule has 1 aliphatic heterocycles. The van der Waals surface area contributed by atoms with Crippen LogP contribution in [0.2, 0.25) is 0 Å². The molecule has 1 aromatic heterocycles. The highest BCUT2D eigenvalue weighted by atomic mass is 32.2. The summed E-state index contributed by atoms with van der Waals surface area (Å²) >= 11 is 3.37. The third-order valence-electron chi connectivity index (χ3n) is 4.92. The van der Waals surface area contributed by atoms with Crippen molar-refractivity contribution in [3.8, 4) is 5.75 Å². The number of benzene rings is 2. The number of thioether (sulfide) groups is 1. The zero-order valence-electron chi connectivity index (χ0n) is 17.2. The molecular weight excluding hydrogens is 428 g/mol. The minimum Gasteiger partial charge on any atom is -0.410 e. The molecule has 8 heteroatoms. The number of amides is 1. The summed E-state index contributed by atoms with van der Waals surface area (Å²) in [6, 6.07) is 19.2. The molecule has 0 atom stereocenters. The van der Waals surface area contributed by atoms with Gasteiger partial charge in [-0.2, -0.15) is 0 Å². The lowest BCUT2D eigenvalue weighted by molar-refractivity contribution is 0.164. The highest BCUT2D eigenvalue weighted by Crippen LogP contribution is 2.36. The van der Waals surface area contributed by atoms with Crippen molar-refractivity contribution >= 4 is 46.4 Å². The quantitative estimate of drug-likeness (QED) is 0.396. The van der Waals surface area contributed by atoms with E-state index >= 15 is 0 Å². The molecule has 0 saturated heterocycles. The summed E-state index contributed by atoms with van der Waals surface area (Å²) in [5.41, 5.74) is 2.07. The Hall–Kier alpha value is -2.97. The molecule has 0 saturated carbocycles. The van der Waals surface area contributed by atoms with E-state index in [0.717, 1.165) is 35.1 Å². The first-order valence-electron chi connectivity index (χ1n) is 9.99. The van der Waals surface area contributed by atoms with Gasteiger partial charge in [0.2, 0.25) is 0 Å². The summed E-state index contributed by atoms with van der Waals surface area (Å²) in [7, 11) is 1.76. The number of hydrogen-bond acceptors (Lipinski definition) is 6. The van der Waals surface area contributed by atoms with Crippen molar-refractivity contribution in [2.45, 2.75) is 4.90 Å². The smallest absolute Gasteiger partial charge is 0.410 e. The third-order valence-corrected chi connectivity index (χ3v) is 6.83. The molecule has 0 unspecified atom stereocenters. The van der Waals surface area contributed by atoms with Gasteiger partial charge >= 0.3 is 6.09 Å². The van der Waals surface area contributed by atoms with Gasteiger partial charge < -0.3 is 19.9 Å². The lowest BCUT2D eigenvalue weighted by Crippen LogP contribution is -2.39. The van der Waals surface area contributed by atoms with Crippen molar-refractivity contribution < 1.29 is 9.53 Å². The van der Waals surface area contributed by atoms with Crippen LogP contribution in [-0.2, 0) is 0 Å². The van der Waals surface area contributed by atoms with E-state index < -0.39 is 0 Å². The van der Waals surface area contributed by atoms with E-state index in [2.05, 4.69) is 22.3 Å². The monoisotopic (exact) mass is 452 g/mol. The lowest BCUT2D eigenvalue weighted by atomic mass is 10.2. The summed E-state index contributed by atoms with van der Waals surface area (Å²) < 4.78 is 5.41. The lowest BCUT2D eigenvalue weighted by Gasteiger charge is -2.32. The van der Waals surface area contributed by atoms with E-state index in [1.165, 1.54) is 4.90 Å². The zero-order chi connectivity index (χ0) is 21.6. The second kappa shape index (κ2) is 9.89. The number of thiophene rings is 1. The molecule has 0 aliphatic carbocycles. The maximum absolute atomic E-state index is 12.3. The van der Waals surface area contributed by atoms with Crippen LogP contribution in [0.4, 0.5) is 16.2 Å². The van der Waals surface area contributed by atoms with Crippen LogP contribution in [0.1, 0.15) is 4.88 Å². The molecule has 3 aromatic rings. The van der Waals surface area contributed by atoms with Crippen molar-refractivity contribution in [3.05, 3.63) is 70.9 Å². The summed E-state index contributed by atoms with van der Waals surface area (Å²) in [6.07, 6.45) is -0.357. The standard InChI is InChI=1S/C23H24N4O2S2/c1-26(23(28)29-18-6-3-2-4-7-18)11-12-27-13-15-31-21-16-17(9-10-19(21)27)25-22(24)20-8-5-14-30-20/h2-10,14,16H,11-13,15H2,1H3,(H2,24,25). The van der Waals surface area contributed by atoms with Crippen molar-refractivity contribution in [1.29, 1.82) is 5.41 Å². The van der Waals surface area contributed by atoms with Gasteiger partial charge in [-0.1, -0.05) is 24.3 Å². The molecule has 0 fully saturated rings. The maximum atomic E-state index is 12.3. The summed E-state index contributed by atoms with van der Waals surface area (Å²) in [4.78, 5) is 18.3. The van der Waals surface area contributed by atoms with E-state index in [0.29, 0.717) is 18.1 Å². The molecular formula is C23H24N4O2S2. The predicted octanol–water partition coefficient (Wildman–Crippen LogP) is 5.23. The van der Waals surface area contributed by atoms with E-state index in [1.54, 1.807) is 35.4 Å². The number of rotatable bonds is 6. The number of carbonyl (C=O) groups excluding carboxylic acids is 1. The number of likely N-dealkylation sites (N-methyl/N-ethyl adjacent to an activating group) is 1. The van der Waals surface area contributed by atoms with Crippen molar-refractivity contribution in [3.63, 3.8) is 0 Å². The van der Waals surface area contributed by atoms with E-state index in [-0.39, 0.29) is 6.09 Å². The number of hydrogen-bond donors (Lipinski definition) is 2. The molecule has 6 nitrogen and oxygen atoms in total. The Kier molecular flexibility index (Phi) is 6.79. The fourth-order valence-electron chi connectivity index (χ4n) is 3.24. The Morgan fingerprint density at radius 2 is 2.03 bits per heavy atom. The van der Waals surface area contributed by atoms with Crippen molar-refractivity contribution in [2.24, 2.45) is 0 Å². The summed E-state index contributed by atoms with van der Waals surface area (Å²) in [5.74, 6) is 1.94. The van der Waals surface area contributed by atoms with Crippen LogP contribution in [0.3, 0.4) is 0 Å². The molecule has 4 rings (SSSR count). The molecule has 31 heavy (non-hydrogen) atoms. The third kappa shape index (κ3) is 5.39. The summed E-state index contributed by atoms with van der Waals surface area (Å²) in [6.45, 7) is 2.22. The van der Waals surface area contributed by atoms with Crippen molar-refractivity contribution in [1.82, 2.24) is 4.90 Å². The van der Waals surface area contributed by atoms with Crippen LogP contribution in [0.15, 0.2) is 70.9 Å². The Labute approximate surface area is 190 Å². The van der Waals surface area contributed by atoms with E-state index in [1.807, 2.05) is 53.5 Å². The van der Waals surface area contributed by atoms with Crippen LogP contribution in [0.25, 0.3) is 0 Å². The number of para-hydroxylation sites is 1. The van der Waals surface area contributed by atoms with Crippen LogP contribution >= 0.6 is 23.1 Å². The Morgan fingerprint density at radius 1 is 1.19 bits per heavy atom. The fraction of sp³-hybridized carbons (Fsp3) is 0.217. The van der Waals surface area contributed by atoms with Gasteiger partial charge in [-0.3, -0.25) is 5.41 Å². The molecule has 1 aliphatic rings. The highest BCUT2D eigenvalue weighted by Gasteiger charge is 2.20. The Balaban J connectivity index is 1.35. The van der Waals surface area contributed by atoms with E-state index in [4.69, 9.17) is 10.1 Å². The van der Waals surface area contributed by atoms with Crippen LogP contribution in [0, 0.1) is 5.41 Å². The summed E-state index contributed by atoms with van der Waals surface area (Å²) in [5, 5.41) is 13.4. The topological polar surface area (TPSA) is 68.7 Å². The van der Waals surface area contributed by atoms with Gasteiger partial charge in [0.05, 0.1) is 10.6 Å². The molecule has 0 bridgehead atoms. The number of fused-ring (bicyclic) bond motifs is 1. The number of nitrogens with one attached hydrogen (secondary N) is 2. The molecule has 2 N–H and O–H groups in total. The predicted molar refractivity (Wildman–Crippen MR) is 129 cm³/mol. The SMILES string of the molecule is CN(CCN1CCSc2cc(NC(=N)c3cccs3)ccc21)C(=O)Oc1ccccc1. The van der Waals surface area contributed by atoms with E-state index in [9.17, 15) is 4.79 Å². The number of ether oxygens (including phenoxy) is 1. The number of nitrogens with zero attached hydrogens (tertiary/aromatic N) is 2. The van der Waals surface area contributed by atoms with Gasteiger partial charge in [0, 0.05) is 43.0 Å². The molecule has 0 spiro atoms. The molecule has 2 aromatic carbocycles. The second-order valence-corrected chi connectivity index (χ2v) is 9.18. The first-order valence-corrected chi connectivity index (χ1v) is 11.9. The minimum atomic E-state index is -0.357. The highest BCUT2D eigenvalue weighted by molar-refractivity contribution is 7.99.